The Hall–Kier alpha value is -3.07. The fourth-order valence-electron chi connectivity index (χ4n) is 1.80. The van der Waals surface area contributed by atoms with Gasteiger partial charge in [-0.15, -0.1) is 0 Å². The van der Waals surface area contributed by atoms with Crippen molar-refractivity contribution in [2.45, 2.75) is 0 Å². The maximum absolute atomic E-state index is 12.2. The molecular weight excluding hydrogens is 270 g/mol. The van der Waals surface area contributed by atoms with Crippen molar-refractivity contribution in [2.24, 2.45) is 7.05 Å². The van der Waals surface area contributed by atoms with Gasteiger partial charge in [-0.25, -0.2) is 0 Å². The van der Waals surface area contributed by atoms with Crippen LogP contribution in [0.1, 0.15) is 15.9 Å². The molecule has 6 nitrogen and oxygen atoms in total. The van der Waals surface area contributed by atoms with E-state index in [0.717, 1.165) is 0 Å². The smallest absolute Gasteiger partial charge is 0.256 e. The number of anilines is 1. The quantitative estimate of drug-likeness (QED) is 0.925. The average Bonchev–Trinajstić information content (AvgIpc) is 2.50. The van der Waals surface area contributed by atoms with Gasteiger partial charge in [-0.3, -0.25) is 9.59 Å². The molecule has 0 unspecified atom stereocenters. The SMILES string of the molecule is COc1cccc(C#N)c1NC(=O)c1ccn(C)c(=O)c1. The van der Waals surface area contributed by atoms with Crippen molar-refractivity contribution >= 4 is 11.6 Å². The van der Waals surface area contributed by atoms with E-state index in [0.29, 0.717) is 5.75 Å². The molecule has 0 bridgehead atoms. The van der Waals surface area contributed by atoms with Crippen molar-refractivity contribution < 1.29 is 9.53 Å². The zero-order valence-electron chi connectivity index (χ0n) is 11.6. The van der Waals surface area contributed by atoms with Crippen LogP contribution in [0, 0.1) is 11.3 Å². The number of nitrogens with one attached hydrogen (secondary N) is 1. The first-order valence-electron chi connectivity index (χ1n) is 6.12. The molecule has 0 aliphatic rings. The molecule has 0 radical (unpaired) electrons. The number of carbonyl (C=O) groups excluding carboxylic acids is 1. The van der Waals surface area contributed by atoms with Gasteiger partial charge in [0, 0.05) is 24.9 Å². The zero-order chi connectivity index (χ0) is 15.4. The summed E-state index contributed by atoms with van der Waals surface area (Å²) < 4.78 is 6.50. The summed E-state index contributed by atoms with van der Waals surface area (Å²) >= 11 is 0. The minimum Gasteiger partial charge on any atom is -0.495 e. The monoisotopic (exact) mass is 283 g/mol. The highest BCUT2D eigenvalue weighted by Gasteiger charge is 2.14. The molecular formula is C15H13N3O3. The summed E-state index contributed by atoms with van der Waals surface area (Å²) in [6.45, 7) is 0. The van der Waals surface area contributed by atoms with Crippen LogP contribution < -0.4 is 15.6 Å². The van der Waals surface area contributed by atoms with Gasteiger partial charge in [0.25, 0.3) is 11.5 Å². The zero-order valence-corrected chi connectivity index (χ0v) is 11.6. The van der Waals surface area contributed by atoms with Crippen LogP contribution in [0.15, 0.2) is 41.3 Å². The van der Waals surface area contributed by atoms with E-state index in [1.807, 2.05) is 6.07 Å². The van der Waals surface area contributed by atoms with Crippen molar-refractivity contribution in [3.8, 4) is 11.8 Å². The summed E-state index contributed by atoms with van der Waals surface area (Å²) in [6.07, 6.45) is 1.50. The summed E-state index contributed by atoms with van der Waals surface area (Å²) in [6, 6.07) is 9.61. The number of nitrogens with zero attached hydrogens (tertiary/aromatic N) is 2. The largest absolute Gasteiger partial charge is 0.495 e. The van der Waals surface area contributed by atoms with Crippen molar-refractivity contribution in [1.29, 1.82) is 5.26 Å². The Balaban J connectivity index is 2.38. The molecule has 1 heterocycles. The Morgan fingerprint density at radius 2 is 2.14 bits per heavy atom. The molecule has 106 valence electrons. The van der Waals surface area contributed by atoms with Gasteiger partial charge in [0.15, 0.2) is 0 Å². The van der Waals surface area contributed by atoms with E-state index < -0.39 is 5.91 Å². The van der Waals surface area contributed by atoms with E-state index in [1.165, 1.54) is 30.0 Å². The first-order valence-corrected chi connectivity index (χ1v) is 6.12. The lowest BCUT2D eigenvalue weighted by Gasteiger charge is -2.11. The normalized spacial score (nSPS) is 9.76. The van der Waals surface area contributed by atoms with Crippen LogP contribution >= 0.6 is 0 Å². The van der Waals surface area contributed by atoms with E-state index in [1.54, 1.807) is 25.2 Å². The van der Waals surface area contributed by atoms with Crippen LogP contribution in [0.25, 0.3) is 0 Å². The Bertz CT molecular complexity index is 787. The van der Waals surface area contributed by atoms with Crippen LogP contribution in [0.4, 0.5) is 5.69 Å². The number of aryl methyl sites for hydroxylation is 1. The summed E-state index contributed by atoms with van der Waals surface area (Å²) in [5.74, 6) is -0.0973. The topological polar surface area (TPSA) is 84.1 Å². The maximum Gasteiger partial charge on any atom is 0.256 e. The Morgan fingerprint density at radius 3 is 2.76 bits per heavy atom. The van der Waals surface area contributed by atoms with E-state index >= 15 is 0 Å². The van der Waals surface area contributed by atoms with Gasteiger partial charge in [-0.2, -0.15) is 5.26 Å². The van der Waals surface area contributed by atoms with E-state index in [4.69, 9.17) is 10.00 Å². The van der Waals surface area contributed by atoms with Gasteiger partial charge in [0.2, 0.25) is 0 Å². The van der Waals surface area contributed by atoms with E-state index in [9.17, 15) is 9.59 Å². The third kappa shape index (κ3) is 2.92. The molecule has 2 aromatic rings. The highest BCUT2D eigenvalue weighted by molar-refractivity contribution is 6.05. The lowest BCUT2D eigenvalue weighted by molar-refractivity contribution is 0.102. The molecule has 2 rings (SSSR count). The first kappa shape index (κ1) is 14.3. The predicted molar refractivity (Wildman–Crippen MR) is 77.3 cm³/mol. The van der Waals surface area contributed by atoms with E-state index in [2.05, 4.69) is 5.32 Å². The summed E-state index contributed by atoms with van der Waals surface area (Å²) in [4.78, 5) is 23.7. The van der Waals surface area contributed by atoms with Crippen LogP contribution in [0.3, 0.4) is 0 Å². The molecule has 21 heavy (non-hydrogen) atoms. The average molecular weight is 283 g/mol. The van der Waals surface area contributed by atoms with Crippen LogP contribution in [0.5, 0.6) is 5.75 Å². The number of para-hydroxylation sites is 1. The van der Waals surface area contributed by atoms with Crippen molar-refractivity contribution in [2.75, 3.05) is 12.4 Å². The molecule has 1 aromatic carbocycles. The molecule has 1 N–H and O–H groups in total. The van der Waals surface area contributed by atoms with Gasteiger partial charge in [-0.1, -0.05) is 6.07 Å². The van der Waals surface area contributed by atoms with Gasteiger partial charge < -0.3 is 14.6 Å². The molecule has 0 aliphatic heterocycles. The number of amides is 1. The summed E-state index contributed by atoms with van der Waals surface area (Å²) in [5.41, 5.74) is 0.496. The van der Waals surface area contributed by atoms with E-state index in [-0.39, 0.29) is 22.4 Å². The maximum atomic E-state index is 12.2. The molecule has 6 heteroatoms. The number of hydrogen-bond donors (Lipinski definition) is 1. The number of pyridine rings is 1. The van der Waals surface area contributed by atoms with Crippen molar-refractivity contribution in [3.05, 3.63) is 58.0 Å². The van der Waals surface area contributed by atoms with Crippen molar-refractivity contribution in [3.63, 3.8) is 0 Å². The minimum atomic E-state index is -0.478. The molecule has 0 spiro atoms. The summed E-state index contributed by atoms with van der Waals surface area (Å²) in [5, 5.41) is 11.7. The fourth-order valence-corrected chi connectivity index (χ4v) is 1.80. The number of methoxy groups -OCH3 is 1. The molecule has 1 aromatic heterocycles. The van der Waals surface area contributed by atoms with Crippen molar-refractivity contribution in [1.82, 2.24) is 4.57 Å². The predicted octanol–water partition coefficient (Wildman–Crippen LogP) is 1.52. The lowest BCUT2D eigenvalue weighted by Crippen LogP contribution is -2.20. The summed E-state index contributed by atoms with van der Waals surface area (Å²) in [7, 11) is 3.04. The molecule has 0 aliphatic carbocycles. The number of aromatic nitrogens is 1. The second-order valence-electron chi connectivity index (χ2n) is 4.31. The van der Waals surface area contributed by atoms with Crippen LogP contribution in [0.2, 0.25) is 0 Å². The van der Waals surface area contributed by atoms with Gasteiger partial charge in [0.05, 0.1) is 12.7 Å². The number of rotatable bonds is 3. The van der Waals surface area contributed by atoms with Crippen LogP contribution in [-0.2, 0) is 7.05 Å². The second-order valence-corrected chi connectivity index (χ2v) is 4.31. The Labute approximate surface area is 121 Å². The minimum absolute atomic E-state index is 0.216. The third-order valence-electron chi connectivity index (χ3n) is 2.97. The number of benzene rings is 1. The van der Waals surface area contributed by atoms with Gasteiger partial charge in [0.1, 0.15) is 17.5 Å². The van der Waals surface area contributed by atoms with Crippen LogP contribution in [-0.4, -0.2) is 17.6 Å². The van der Waals surface area contributed by atoms with Gasteiger partial charge >= 0.3 is 0 Å². The molecule has 0 fully saturated rings. The molecule has 0 saturated carbocycles. The third-order valence-corrected chi connectivity index (χ3v) is 2.97. The second kappa shape index (κ2) is 5.92. The Morgan fingerprint density at radius 1 is 1.38 bits per heavy atom. The highest BCUT2D eigenvalue weighted by Crippen LogP contribution is 2.28. The molecule has 1 amide bonds. The lowest BCUT2D eigenvalue weighted by atomic mass is 10.1. The molecule has 0 atom stereocenters. The number of hydrogen-bond acceptors (Lipinski definition) is 4. The molecule has 0 saturated heterocycles. The fraction of sp³-hybridized carbons (Fsp3) is 0.133. The first-order chi connectivity index (χ1) is 10.1. The number of carbonyl (C=O) groups is 1. The standard InChI is InChI=1S/C15H13N3O3/c1-18-7-6-10(8-13(18)19)15(20)17-14-11(9-16)4-3-5-12(14)21-2/h3-8H,1-2H3,(H,17,20). The number of ether oxygens (including phenoxy) is 1. The van der Waals surface area contributed by atoms with Gasteiger partial charge in [-0.05, 0) is 18.2 Å². The highest BCUT2D eigenvalue weighted by atomic mass is 16.5. The number of nitriles is 1. The Kier molecular flexibility index (Phi) is 4.05.